The van der Waals surface area contributed by atoms with Gasteiger partial charge in [0.2, 0.25) is 11.8 Å². The van der Waals surface area contributed by atoms with Crippen LogP contribution in [0.15, 0.2) is 41.8 Å². The van der Waals surface area contributed by atoms with Gasteiger partial charge in [-0.1, -0.05) is 37.5 Å². The molecule has 144 valence electrons. The lowest BCUT2D eigenvalue weighted by molar-refractivity contribution is -0.127. The molecule has 2 aromatic rings. The van der Waals surface area contributed by atoms with Crippen LogP contribution in [0, 0.1) is 5.82 Å². The van der Waals surface area contributed by atoms with E-state index in [4.69, 9.17) is 0 Å². The average Bonchev–Trinajstić information content (AvgIpc) is 3.19. The Kier molecular flexibility index (Phi) is 6.98. The van der Waals surface area contributed by atoms with E-state index in [-0.39, 0.29) is 30.2 Å². The number of rotatable bonds is 7. The smallest absolute Gasteiger partial charge is 0.239 e. The van der Waals surface area contributed by atoms with Crippen molar-refractivity contribution in [3.63, 3.8) is 0 Å². The second kappa shape index (κ2) is 9.65. The molecule has 1 aliphatic rings. The summed E-state index contributed by atoms with van der Waals surface area (Å²) in [6.07, 6.45) is 6.06. The number of nitrogens with one attached hydrogen (secondary N) is 2. The van der Waals surface area contributed by atoms with Crippen molar-refractivity contribution in [1.82, 2.24) is 10.6 Å². The zero-order chi connectivity index (χ0) is 19.1. The summed E-state index contributed by atoms with van der Waals surface area (Å²) >= 11 is 1.58. The van der Waals surface area contributed by atoms with Gasteiger partial charge in [-0.05, 0) is 48.4 Å². The third kappa shape index (κ3) is 5.89. The van der Waals surface area contributed by atoms with Gasteiger partial charge in [-0.15, -0.1) is 11.3 Å². The maximum absolute atomic E-state index is 13.3. The summed E-state index contributed by atoms with van der Waals surface area (Å²) in [5, 5.41) is 7.73. The van der Waals surface area contributed by atoms with Crippen LogP contribution >= 0.6 is 11.3 Å². The normalized spacial score (nSPS) is 15.9. The van der Waals surface area contributed by atoms with Crippen LogP contribution in [0.3, 0.4) is 0 Å². The number of benzene rings is 1. The van der Waals surface area contributed by atoms with Crippen molar-refractivity contribution < 1.29 is 14.0 Å². The molecule has 0 bridgehead atoms. The van der Waals surface area contributed by atoms with Crippen LogP contribution in [0.4, 0.5) is 4.39 Å². The lowest BCUT2D eigenvalue weighted by atomic mass is 9.94. The summed E-state index contributed by atoms with van der Waals surface area (Å²) in [6, 6.07) is 10.1. The molecule has 0 radical (unpaired) electrons. The van der Waals surface area contributed by atoms with E-state index in [2.05, 4.69) is 10.6 Å². The molecule has 1 heterocycles. The van der Waals surface area contributed by atoms with Crippen molar-refractivity contribution in [1.29, 1.82) is 0 Å². The van der Waals surface area contributed by atoms with E-state index < -0.39 is 5.92 Å². The number of amides is 2. The quantitative estimate of drug-likeness (QED) is 0.758. The number of carbonyl (C=O) groups excluding carboxylic acids is 2. The van der Waals surface area contributed by atoms with E-state index in [0.717, 1.165) is 36.1 Å². The minimum Gasteiger partial charge on any atom is -0.352 e. The number of hydrogen-bond acceptors (Lipinski definition) is 3. The van der Waals surface area contributed by atoms with Crippen molar-refractivity contribution in [2.45, 2.75) is 50.5 Å². The van der Waals surface area contributed by atoms with Crippen LogP contribution in [0.2, 0.25) is 0 Å². The minimum absolute atomic E-state index is 0.0303. The molecule has 0 aliphatic heterocycles. The van der Waals surface area contributed by atoms with Crippen LogP contribution in [-0.2, 0) is 16.0 Å². The third-order valence-corrected chi connectivity index (χ3v) is 5.87. The molecule has 2 amide bonds. The zero-order valence-electron chi connectivity index (χ0n) is 15.2. The molecule has 0 saturated heterocycles. The third-order valence-electron chi connectivity index (χ3n) is 4.97. The van der Waals surface area contributed by atoms with Gasteiger partial charge in [0.05, 0.1) is 12.5 Å². The second-order valence-corrected chi connectivity index (χ2v) is 8.04. The molecule has 27 heavy (non-hydrogen) atoms. The molecule has 6 heteroatoms. The summed E-state index contributed by atoms with van der Waals surface area (Å²) in [5.41, 5.74) is 0.745. The molecule has 3 rings (SSSR count). The predicted octanol–water partition coefficient (Wildman–Crippen LogP) is 3.78. The number of hydrogen-bond donors (Lipinski definition) is 2. The first-order valence-corrected chi connectivity index (χ1v) is 10.3. The van der Waals surface area contributed by atoms with Gasteiger partial charge in [-0.2, -0.15) is 0 Å². The molecular weight excluding hydrogens is 363 g/mol. The summed E-state index contributed by atoms with van der Waals surface area (Å²) in [7, 11) is 0. The fourth-order valence-electron chi connectivity index (χ4n) is 3.50. The Labute approximate surface area is 163 Å². The van der Waals surface area contributed by atoms with Crippen molar-refractivity contribution >= 4 is 23.2 Å². The zero-order valence-corrected chi connectivity index (χ0v) is 16.1. The lowest BCUT2D eigenvalue weighted by Crippen LogP contribution is -2.43. The maximum Gasteiger partial charge on any atom is 0.239 e. The van der Waals surface area contributed by atoms with Gasteiger partial charge in [0, 0.05) is 10.9 Å². The lowest BCUT2D eigenvalue weighted by Gasteiger charge is -2.23. The summed E-state index contributed by atoms with van der Waals surface area (Å²) < 4.78 is 13.3. The molecule has 0 spiro atoms. The Balaban J connectivity index is 1.60. The van der Waals surface area contributed by atoms with Gasteiger partial charge in [0.15, 0.2) is 0 Å². The molecule has 1 unspecified atom stereocenters. The highest BCUT2D eigenvalue weighted by Gasteiger charge is 2.23. The highest BCUT2D eigenvalue weighted by Crippen LogP contribution is 2.24. The number of halogens is 1. The van der Waals surface area contributed by atoms with Crippen molar-refractivity contribution in [2.24, 2.45) is 0 Å². The first-order chi connectivity index (χ1) is 13.1. The van der Waals surface area contributed by atoms with E-state index in [1.807, 2.05) is 17.5 Å². The first-order valence-electron chi connectivity index (χ1n) is 9.47. The standard InChI is InChI=1S/C21H25FN2O2S/c22-16-10-8-15(9-11-16)19(13-18-7-4-12-27-18)21(26)23-14-20(25)24-17-5-2-1-3-6-17/h4,7-12,17,19H,1-3,5-6,13-14H2,(H,23,26)(H,24,25). The van der Waals surface area contributed by atoms with E-state index in [0.29, 0.717) is 6.42 Å². The van der Waals surface area contributed by atoms with Gasteiger partial charge >= 0.3 is 0 Å². The minimum atomic E-state index is -0.452. The highest BCUT2D eigenvalue weighted by molar-refractivity contribution is 7.09. The van der Waals surface area contributed by atoms with E-state index >= 15 is 0 Å². The van der Waals surface area contributed by atoms with Crippen molar-refractivity contribution in [3.05, 3.63) is 58.0 Å². The van der Waals surface area contributed by atoms with Gasteiger partial charge in [0.25, 0.3) is 0 Å². The molecule has 1 aromatic carbocycles. The Morgan fingerprint density at radius 2 is 1.85 bits per heavy atom. The van der Waals surface area contributed by atoms with E-state index in [1.165, 1.54) is 18.6 Å². The largest absolute Gasteiger partial charge is 0.352 e. The highest BCUT2D eigenvalue weighted by atomic mass is 32.1. The molecule has 2 N–H and O–H groups in total. The van der Waals surface area contributed by atoms with Crippen LogP contribution in [-0.4, -0.2) is 24.4 Å². The van der Waals surface area contributed by atoms with Crippen LogP contribution in [0.25, 0.3) is 0 Å². The summed E-state index contributed by atoms with van der Waals surface area (Å²) in [5.74, 6) is -1.15. The molecule has 1 aliphatic carbocycles. The SMILES string of the molecule is O=C(CNC(=O)C(Cc1cccs1)c1ccc(F)cc1)NC1CCCCC1. The number of carbonyl (C=O) groups is 2. The Morgan fingerprint density at radius 1 is 1.11 bits per heavy atom. The Morgan fingerprint density at radius 3 is 2.52 bits per heavy atom. The molecule has 1 atom stereocenters. The summed E-state index contributed by atoms with van der Waals surface area (Å²) in [6.45, 7) is -0.0303. The van der Waals surface area contributed by atoms with Crippen molar-refractivity contribution in [2.75, 3.05) is 6.54 Å². The average molecular weight is 389 g/mol. The van der Waals surface area contributed by atoms with Gasteiger partial charge in [0.1, 0.15) is 5.82 Å². The van der Waals surface area contributed by atoms with E-state index in [1.54, 1.807) is 23.5 Å². The fourth-order valence-corrected chi connectivity index (χ4v) is 4.26. The molecule has 4 nitrogen and oxygen atoms in total. The molecule has 1 aromatic heterocycles. The second-order valence-electron chi connectivity index (χ2n) is 7.01. The monoisotopic (exact) mass is 388 g/mol. The van der Waals surface area contributed by atoms with Crippen LogP contribution in [0.1, 0.15) is 48.5 Å². The Bertz CT molecular complexity index is 740. The summed E-state index contributed by atoms with van der Waals surface area (Å²) in [4.78, 5) is 26.0. The van der Waals surface area contributed by atoms with Gasteiger partial charge < -0.3 is 10.6 Å². The molecular formula is C21H25FN2O2S. The predicted molar refractivity (Wildman–Crippen MR) is 105 cm³/mol. The van der Waals surface area contributed by atoms with Crippen LogP contribution < -0.4 is 10.6 Å². The first kappa shape index (κ1) is 19.5. The molecule has 1 fully saturated rings. The van der Waals surface area contributed by atoms with Crippen LogP contribution in [0.5, 0.6) is 0 Å². The van der Waals surface area contributed by atoms with Gasteiger partial charge in [-0.3, -0.25) is 9.59 Å². The van der Waals surface area contributed by atoms with Crippen molar-refractivity contribution in [3.8, 4) is 0 Å². The molecule has 1 saturated carbocycles. The fraction of sp³-hybridized carbons (Fsp3) is 0.429. The topological polar surface area (TPSA) is 58.2 Å². The Hall–Kier alpha value is -2.21. The van der Waals surface area contributed by atoms with E-state index in [9.17, 15) is 14.0 Å². The number of thiophene rings is 1. The van der Waals surface area contributed by atoms with Gasteiger partial charge in [-0.25, -0.2) is 4.39 Å². The maximum atomic E-state index is 13.3.